The van der Waals surface area contributed by atoms with Gasteiger partial charge in [0, 0.05) is 23.1 Å². The average molecular weight is 302 g/mol. The van der Waals surface area contributed by atoms with Gasteiger partial charge in [0.25, 0.3) is 0 Å². The predicted molar refractivity (Wildman–Crippen MR) is 74.7 cm³/mol. The maximum absolute atomic E-state index is 12.0. The minimum Gasteiger partial charge on any atom is -0.328 e. The molecule has 0 aliphatic heterocycles. The van der Waals surface area contributed by atoms with Gasteiger partial charge in [0.15, 0.2) is 0 Å². The first-order chi connectivity index (χ1) is 10.2. The lowest BCUT2D eigenvalue weighted by Gasteiger charge is -2.01. The molecule has 0 bridgehead atoms. The van der Waals surface area contributed by atoms with E-state index in [0.29, 0.717) is 16.4 Å². The number of carbonyl (C=O) groups excluding carboxylic acids is 1. The van der Waals surface area contributed by atoms with Crippen LogP contribution in [0.3, 0.4) is 0 Å². The molecule has 3 aromatic rings. The van der Waals surface area contributed by atoms with Gasteiger partial charge < -0.3 is 9.84 Å². The molecule has 0 fully saturated rings. The van der Waals surface area contributed by atoms with Crippen molar-refractivity contribution in [1.82, 2.24) is 20.1 Å². The second-order valence-electron chi connectivity index (χ2n) is 3.97. The number of hydrogen-bond donors (Lipinski definition) is 1. The molecule has 8 heteroatoms. The van der Waals surface area contributed by atoms with Crippen molar-refractivity contribution in [2.24, 2.45) is 0 Å². The van der Waals surface area contributed by atoms with Gasteiger partial charge in [-0.05, 0) is 24.3 Å². The standard InChI is InChI=1S/C13H8ClN5O2/c14-8-1-3-9(4-2-8)17-12(20)13-18-11(19-21-13)10-7-15-5-6-16-10/h1-7H,(H,17,20). The van der Waals surface area contributed by atoms with Crippen molar-refractivity contribution in [2.45, 2.75) is 0 Å². The number of nitrogens with one attached hydrogen (secondary N) is 1. The highest BCUT2D eigenvalue weighted by atomic mass is 35.5. The molecule has 1 N–H and O–H groups in total. The lowest BCUT2D eigenvalue weighted by Crippen LogP contribution is -2.12. The van der Waals surface area contributed by atoms with Crippen molar-refractivity contribution in [3.8, 4) is 11.5 Å². The number of rotatable bonds is 3. The summed E-state index contributed by atoms with van der Waals surface area (Å²) in [4.78, 5) is 23.9. The summed E-state index contributed by atoms with van der Waals surface area (Å²) in [5.41, 5.74) is 0.996. The van der Waals surface area contributed by atoms with Crippen LogP contribution in [0.2, 0.25) is 5.02 Å². The number of halogens is 1. The van der Waals surface area contributed by atoms with Crippen molar-refractivity contribution in [1.29, 1.82) is 0 Å². The highest BCUT2D eigenvalue weighted by Crippen LogP contribution is 2.15. The molecule has 0 unspecified atom stereocenters. The summed E-state index contributed by atoms with van der Waals surface area (Å²) in [5.74, 6) is -0.477. The van der Waals surface area contributed by atoms with Gasteiger partial charge in [-0.2, -0.15) is 4.98 Å². The lowest BCUT2D eigenvalue weighted by atomic mass is 10.3. The summed E-state index contributed by atoms with van der Waals surface area (Å²) in [6.45, 7) is 0. The van der Waals surface area contributed by atoms with Gasteiger partial charge >= 0.3 is 11.8 Å². The van der Waals surface area contributed by atoms with Gasteiger partial charge in [-0.3, -0.25) is 9.78 Å². The first-order valence-corrected chi connectivity index (χ1v) is 6.27. The Bertz CT molecular complexity index is 758. The minimum atomic E-state index is -0.514. The second kappa shape index (κ2) is 5.68. The van der Waals surface area contributed by atoms with Crippen LogP contribution in [-0.2, 0) is 0 Å². The van der Waals surface area contributed by atoms with E-state index in [0.717, 1.165) is 0 Å². The van der Waals surface area contributed by atoms with Crippen molar-refractivity contribution >= 4 is 23.2 Å². The maximum Gasteiger partial charge on any atom is 0.316 e. The SMILES string of the molecule is O=C(Nc1ccc(Cl)cc1)c1nc(-c2cnccn2)no1. The first kappa shape index (κ1) is 13.2. The Kier molecular flexibility index (Phi) is 3.57. The molecule has 0 aliphatic rings. The number of hydrogen-bond acceptors (Lipinski definition) is 6. The highest BCUT2D eigenvalue weighted by molar-refractivity contribution is 6.30. The third-order valence-corrected chi connectivity index (χ3v) is 2.77. The Morgan fingerprint density at radius 2 is 2.00 bits per heavy atom. The largest absolute Gasteiger partial charge is 0.328 e. The molecule has 0 atom stereocenters. The van der Waals surface area contributed by atoms with Crippen LogP contribution in [0.5, 0.6) is 0 Å². The van der Waals surface area contributed by atoms with Crippen LogP contribution >= 0.6 is 11.6 Å². The van der Waals surface area contributed by atoms with Gasteiger partial charge in [0.05, 0.1) is 6.20 Å². The fourth-order valence-electron chi connectivity index (χ4n) is 1.55. The van der Waals surface area contributed by atoms with Crippen LogP contribution in [-0.4, -0.2) is 26.0 Å². The molecule has 0 saturated heterocycles. The third kappa shape index (κ3) is 3.03. The molecule has 104 valence electrons. The van der Waals surface area contributed by atoms with Gasteiger partial charge in [-0.1, -0.05) is 16.8 Å². The average Bonchev–Trinajstić information content (AvgIpc) is 3.00. The normalized spacial score (nSPS) is 10.3. The monoisotopic (exact) mass is 301 g/mol. The summed E-state index contributed by atoms with van der Waals surface area (Å²) < 4.78 is 4.91. The van der Waals surface area contributed by atoms with E-state index in [1.807, 2.05) is 0 Å². The topological polar surface area (TPSA) is 93.8 Å². The number of benzene rings is 1. The molecular weight excluding hydrogens is 294 g/mol. The summed E-state index contributed by atoms with van der Waals surface area (Å²) in [6.07, 6.45) is 4.50. The highest BCUT2D eigenvalue weighted by Gasteiger charge is 2.16. The molecule has 1 amide bonds. The Balaban J connectivity index is 1.77. The molecule has 0 aliphatic carbocycles. The van der Waals surface area contributed by atoms with E-state index in [-0.39, 0.29) is 11.7 Å². The molecule has 0 radical (unpaired) electrons. The van der Waals surface area contributed by atoms with Crippen LogP contribution < -0.4 is 5.32 Å². The van der Waals surface area contributed by atoms with E-state index in [1.165, 1.54) is 18.6 Å². The Morgan fingerprint density at radius 3 is 2.71 bits per heavy atom. The van der Waals surface area contributed by atoms with Gasteiger partial charge in [-0.15, -0.1) is 0 Å². The second-order valence-corrected chi connectivity index (χ2v) is 4.41. The summed E-state index contributed by atoms with van der Waals surface area (Å²) in [6, 6.07) is 6.66. The van der Waals surface area contributed by atoms with Gasteiger partial charge in [-0.25, -0.2) is 4.98 Å². The molecular formula is C13H8ClN5O2. The van der Waals surface area contributed by atoms with Crippen molar-refractivity contribution in [2.75, 3.05) is 5.32 Å². The fraction of sp³-hybridized carbons (Fsp3) is 0. The molecule has 0 saturated carbocycles. The van der Waals surface area contributed by atoms with Crippen molar-refractivity contribution in [3.63, 3.8) is 0 Å². The van der Waals surface area contributed by atoms with E-state index in [1.54, 1.807) is 24.3 Å². The van der Waals surface area contributed by atoms with E-state index >= 15 is 0 Å². The maximum atomic E-state index is 12.0. The Morgan fingerprint density at radius 1 is 1.19 bits per heavy atom. The Hall–Kier alpha value is -2.80. The zero-order valence-electron chi connectivity index (χ0n) is 10.5. The van der Waals surface area contributed by atoms with E-state index in [9.17, 15) is 4.79 Å². The van der Waals surface area contributed by atoms with Crippen LogP contribution in [0, 0.1) is 0 Å². The smallest absolute Gasteiger partial charge is 0.316 e. The molecule has 2 heterocycles. The third-order valence-electron chi connectivity index (χ3n) is 2.51. The number of amides is 1. The van der Waals surface area contributed by atoms with E-state index in [4.69, 9.17) is 16.1 Å². The predicted octanol–water partition coefficient (Wildman–Crippen LogP) is 2.43. The van der Waals surface area contributed by atoms with Crippen LogP contribution in [0.1, 0.15) is 10.7 Å². The van der Waals surface area contributed by atoms with Crippen LogP contribution in [0.15, 0.2) is 47.4 Å². The first-order valence-electron chi connectivity index (χ1n) is 5.89. The fourth-order valence-corrected chi connectivity index (χ4v) is 1.68. The molecule has 2 aromatic heterocycles. The number of anilines is 1. The number of nitrogens with zero attached hydrogens (tertiary/aromatic N) is 4. The zero-order chi connectivity index (χ0) is 14.7. The zero-order valence-corrected chi connectivity index (χ0v) is 11.3. The quantitative estimate of drug-likeness (QED) is 0.798. The van der Waals surface area contributed by atoms with Crippen molar-refractivity contribution < 1.29 is 9.32 Å². The Labute approximate surface area is 124 Å². The van der Waals surface area contributed by atoms with E-state index in [2.05, 4.69) is 25.4 Å². The van der Waals surface area contributed by atoms with Gasteiger partial charge in [0.1, 0.15) is 5.69 Å². The van der Waals surface area contributed by atoms with Crippen LogP contribution in [0.25, 0.3) is 11.5 Å². The molecule has 1 aromatic carbocycles. The molecule has 7 nitrogen and oxygen atoms in total. The summed E-state index contributed by atoms with van der Waals surface area (Å²) >= 11 is 5.77. The number of aromatic nitrogens is 4. The van der Waals surface area contributed by atoms with Crippen molar-refractivity contribution in [3.05, 3.63) is 53.8 Å². The van der Waals surface area contributed by atoms with Crippen LogP contribution in [0.4, 0.5) is 5.69 Å². The minimum absolute atomic E-state index is 0.161. The number of carbonyl (C=O) groups is 1. The molecule has 0 spiro atoms. The molecule has 21 heavy (non-hydrogen) atoms. The van der Waals surface area contributed by atoms with Gasteiger partial charge in [0.2, 0.25) is 5.82 Å². The summed E-state index contributed by atoms with van der Waals surface area (Å²) in [7, 11) is 0. The van der Waals surface area contributed by atoms with E-state index < -0.39 is 5.91 Å². The molecule has 3 rings (SSSR count). The summed E-state index contributed by atoms with van der Waals surface area (Å²) in [5, 5.41) is 6.89. The lowest BCUT2D eigenvalue weighted by molar-refractivity contribution is 0.0981.